The summed E-state index contributed by atoms with van der Waals surface area (Å²) in [5, 5.41) is 19.2. The lowest BCUT2D eigenvalue weighted by molar-refractivity contribution is -0.384. The van der Waals surface area contributed by atoms with Gasteiger partial charge in [-0.25, -0.2) is 9.97 Å². The summed E-state index contributed by atoms with van der Waals surface area (Å²) < 4.78 is 0. The summed E-state index contributed by atoms with van der Waals surface area (Å²) in [4.78, 5) is 18.0. The average Bonchev–Trinajstić information content (AvgIpc) is 2.38. The molecule has 2 rings (SSSR count). The minimum Gasteiger partial charge on any atom is -0.382 e. The summed E-state index contributed by atoms with van der Waals surface area (Å²) in [5.74, 6) is 0.405. The van der Waals surface area contributed by atoms with E-state index in [2.05, 4.69) is 9.97 Å². The van der Waals surface area contributed by atoms with Gasteiger partial charge in [0.25, 0.3) is 5.69 Å². The largest absolute Gasteiger partial charge is 0.382 e. The summed E-state index contributed by atoms with van der Waals surface area (Å²) in [6.45, 7) is 0. The molecule has 0 aliphatic heterocycles. The molecule has 0 unspecified atom stereocenters. The number of hydrogen-bond acceptors (Lipinski definition) is 6. The lowest BCUT2D eigenvalue weighted by Crippen LogP contribution is -1.99. The van der Waals surface area contributed by atoms with E-state index in [1.54, 1.807) is 0 Å². The predicted molar refractivity (Wildman–Crippen MR) is 63.2 cm³/mol. The molecule has 0 fully saturated rings. The molecule has 1 aromatic heterocycles. The van der Waals surface area contributed by atoms with E-state index < -0.39 is 4.92 Å². The number of hydrogen-bond donors (Lipinski definition) is 1. The SMILES string of the molecule is N#Cc1cnc(-c2ccc([N+](=O)[O-])cc2)nc1N. The Kier molecular flexibility index (Phi) is 2.85. The first-order chi connectivity index (χ1) is 8.61. The number of nitrogens with zero attached hydrogens (tertiary/aromatic N) is 4. The van der Waals surface area contributed by atoms with Gasteiger partial charge in [0.15, 0.2) is 5.82 Å². The molecule has 0 amide bonds. The van der Waals surface area contributed by atoms with Crippen LogP contribution in [0.25, 0.3) is 11.4 Å². The van der Waals surface area contributed by atoms with Crippen LogP contribution in [0.2, 0.25) is 0 Å². The minimum absolute atomic E-state index is 0.0135. The zero-order chi connectivity index (χ0) is 13.1. The third kappa shape index (κ3) is 2.08. The monoisotopic (exact) mass is 241 g/mol. The molecule has 7 nitrogen and oxygen atoms in total. The number of rotatable bonds is 2. The lowest BCUT2D eigenvalue weighted by Gasteiger charge is -2.01. The van der Waals surface area contributed by atoms with Crippen LogP contribution in [0.3, 0.4) is 0 Å². The van der Waals surface area contributed by atoms with Gasteiger partial charge < -0.3 is 5.73 Å². The molecule has 0 saturated carbocycles. The van der Waals surface area contributed by atoms with E-state index in [0.717, 1.165) is 0 Å². The summed E-state index contributed by atoms with van der Waals surface area (Å²) in [6.07, 6.45) is 1.32. The molecule has 1 heterocycles. The van der Waals surface area contributed by atoms with Crippen molar-refractivity contribution in [3.05, 3.63) is 46.1 Å². The Morgan fingerprint density at radius 3 is 2.50 bits per heavy atom. The number of non-ortho nitro benzene ring substituents is 1. The number of anilines is 1. The third-order valence-electron chi connectivity index (χ3n) is 2.28. The standard InChI is InChI=1S/C11H7N5O2/c12-5-8-6-14-11(15-10(8)13)7-1-3-9(4-2-7)16(17)18/h1-4,6H,(H2,13,14,15). The maximum absolute atomic E-state index is 10.5. The lowest BCUT2D eigenvalue weighted by atomic mass is 10.2. The van der Waals surface area contributed by atoms with Crippen LogP contribution in [0.4, 0.5) is 11.5 Å². The molecular formula is C11H7N5O2. The van der Waals surface area contributed by atoms with Crippen LogP contribution in [-0.2, 0) is 0 Å². The van der Waals surface area contributed by atoms with Crippen molar-refractivity contribution in [1.82, 2.24) is 9.97 Å². The Balaban J connectivity index is 2.40. The van der Waals surface area contributed by atoms with E-state index in [-0.39, 0.29) is 17.1 Å². The molecular weight excluding hydrogens is 234 g/mol. The van der Waals surface area contributed by atoms with Crippen molar-refractivity contribution in [2.45, 2.75) is 0 Å². The predicted octanol–water partition coefficient (Wildman–Crippen LogP) is 1.51. The Morgan fingerprint density at radius 2 is 2.00 bits per heavy atom. The highest BCUT2D eigenvalue weighted by Crippen LogP contribution is 2.20. The molecule has 1 aromatic carbocycles. The number of benzene rings is 1. The smallest absolute Gasteiger partial charge is 0.269 e. The van der Waals surface area contributed by atoms with Crippen molar-refractivity contribution in [3.8, 4) is 17.5 Å². The van der Waals surface area contributed by atoms with E-state index >= 15 is 0 Å². The van der Waals surface area contributed by atoms with Crippen LogP contribution in [0.1, 0.15) is 5.56 Å². The first-order valence-electron chi connectivity index (χ1n) is 4.89. The number of nitro benzene ring substituents is 1. The van der Waals surface area contributed by atoms with Crippen LogP contribution < -0.4 is 5.73 Å². The van der Waals surface area contributed by atoms with Crippen molar-refractivity contribution < 1.29 is 4.92 Å². The Morgan fingerprint density at radius 1 is 1.33 bits per heavy atom. The molecule has 0 atom stereocenters. The maximum Gasteiger partial charge on any atom is 0.269 e. The molecule has 7 heteroatoms. The van der Waals surface area contributed by atoms with E-state index in [1.165, 1.54) is 30.5 Å². The zero-order valence-corrected chi connectivity index (χ0v) is 9.07. The molecule has 2 aromatic rings. The number of nitrogens with two attached hydrogens (primary N) is 1. The zero-order valence-electron chi connectivity index (χ0n) is 9.07. The second-order valence-electron chi connectivity index (χ2n) is 3.41. The second kappa shape index (κ2) is 4.47. The second-order valence-corrected chi connectivity index (χ2v) is 3.41. The molecule has 0 bridgehead atoms. The third-order valence-corrected chi connectivity index (χ3v) is 2.28. The Labute approximate surface area is 102 Å². The van der Waals surface area contributed by atoms with E-state index in [9.17, 15) is 10.1 Å². The number of nitro groups is 1. The highest BCUT2D eigenvalue weighted by molar-refractivity contribution is 5.60. The van der Waals surface area contributed by atoms with Gasteiger partial charge in [0.1, 0.15) is 17.5 Å². The van der Waals surface area contributed by atoms with Crippen LogP contribution in [0.5, 0.6) is 0 Å². The molecule has 0 spiro atoms. The first kappa shape index (κ1) is 11.5. The van der Waals surface area contributed by atoms with Gasteiger partial charge in [0, 0.05) is 17.7 Å². The van der Waals surface area contributed by atoms with Crippen molar-refractivity contribution in [2.75, 3.05) is 5.73 Å². The fraction of sp³-hybridized carbons (Fsp3) is 0. The fourth-order valence-corrected chi connectivity index (χ4v) is 1.35. The number of aromatic nitrogens is 2. The number of nitriles is 1. The maximum atomic E-state index is 10.5. The van der Waals surface area contributed by atoms with Gasteiger partial charge >= 0.3 is 0 Å². The Bertz CT molecular complexity index is 645. The molecule has 18 heavy (non-hydrogen) atoms. The highest BCUT2D eigenvalue weighted by atomic mass is 16.6. The van der Waals surface area contributed by atoms with Crippen molar-refractivity contribution in [1.29, 1.82) is 5.26 Å². The quantitative estimate of drug-likeness (QED) is 0.628. The first-order valence-corrected chi connectivity index (χ1v) is 4.89. The van der Waals surface area contributed by atoms with Gasteiger partial charge in [0.05, 0.1) is 11.1 Å². The molecule has 0 radical (unpaired) electrons. The van der Waals surface area contributed by atoms with E-state index in [1.807, 2.05) is 6.07 Å². The number of nitrogen functional groups attached to an aromatic ring is 1. The Hall–Kier alpha value is -3.01. The van der Waals surface area contributed by atoms with E-state index in [4.69, 9.17) is 11.0 Å². The topological polar surface area (TPSA) is 119 Å². The average molecular weight is 241 g/mol. The summed E-state index contributed by atoms with van der Waals surface area (Å²) in [6, 6.07) is 7.62. The minimum atomic E-state index is -0.488. The van der Waals surface area contributed by atoms with Crippen LogP contribution in [0.15, 0.2) is 30.5 Å². The molecule has 0 aliphatic carbocycles. The van der Waals surface area contributed by atoms with Gasteiger partial charge in [0.2, 0.25) is 0 Å². The van der Waals surface area contributed by atoms with Gasteiger partial charge in [-0.05, 0) is 12.1 Å². The van der Waals surface area contributed by atoms with Crippen LogP contribution >= 0.6 is 0 Å². The molecule has 0 saturated heterocycles. The van der Waals surface area contributed by atoms with Crippen LogP contribution in [-0.4, -0.2) is 14.9 Å². The van der Waals surface area contributed by atoms with Gasteiger partial charge in [-0.3, -0.25) is 10.1 Å². The van der Waals surface area contributed by atoms with E-state index in [0.29, 0.717) is 11.4 Å². The molecule has 0 aliphatic rings. The van der Waals surface area contributed by atoms with Gasteiger partial charge in [-0.1, -0.05) is 0 Å². The highest BCUT2D eigenvalue weighted by Gasteiger charge is 2.08. The van der Waals surface area contributed by atoms with Crippen molar-refractivity contribution in [2.24, 2.45) is 0 Å². The summed E-state index contributed by atoms with van der Waals surface area (Å²) in [7, 11) is 0. The van der Waals surface area contributed by atoms with Gasteiger partial charge in [-0.2, -0.15) is 5.26 Å². The van der Waals surface area contributed by atoms with Crippen LogP contribution in [0, 0.1) is 21.4 Å². The fourth-order valence-electron chi connectivity index (χ4n) is 1.35. The summed E-state index contributed by atoms with van der Waals surface area (Å²) >= 11 is 0. The summed E-state index contributed by atoms with van der Waals surface area (Å²) in [5.41, 5.74) is 6.34. The van der Waals surface area contributed by atoms with Crippen molar-refractivity contribution >= 4 is 11.5 Å². The van der Waals surface area contributed by atoms with Crippen molar-refractivity contribution in [3.63, 3.8) is 0 Å². The van der Waals surface area contributed by atoms with Gasteiger partial charge in [-0.15, -0.1) is 0 Å². The normalized spacial score (nSPS) is 9.72. The molecule has 2 N–H and O–H groups in total. The molecule has 88 valence electrons.